The Labute approximate surface area is 125 Å². The van der Waals surface area contributed by atoms with Gasteiger partial charge in [-0.1, -0.05) is 32.0 Å². The van der Waals surface area contributed by atoms with E-state index in [1.807, 2.05) is 18.4 Å². The highest BCUT2D eigenvalue weighted by Gasteiger charge is 2.29. The summed E-state index contributed by atoms with van der Waals surface area (Å²) in [6.07, 6.45) is 1.32. The minimum Gasteiger partial charge on any atom is -0.315 e. The summed E-state index contributed by atoms with van der Waals surface area (Å²) in [4.78, 5) is 4.12. The Hall–Kier alpha value is -0.900. The van der Waals surface area contributed by atoms with Gasteiger partial charge >= 0.3 is 0 Å². The van der Waals surface area contributed by atoms with E-state index in [-0.39, 0.29) is 0 Å². The fraction of sp³-hybridized carbons (Fsp3) is 0.529. The van der Waals surface area contributed by atoms with Gasteiger partial charge in [0.15, 0.2) is 0 Å². The molecule has 0 aliphatic carbocycles. The van der Waals surface area contributed by atoms with Gasteiger partial charge in [-0.25, -0.2) is 0 Å². The first-order chi connectivity index (χ1) is 9.59. The van der Waals surface area contributed by atoms with Gasteiger partial charge in [0.05, 0.1) is 0 Å². The van der Waals surface area contributed by atoms with Crippen LogP contribution in [0.25, 0.3) is 10.1 Å². The lowest BCUT2D eigenvalue weighted by Gasteiger charge is -2.20. The summed E-state index contributed by atoms with van der Waals surface area (Å²) in [5.74, 6) is 0. The van der Waals surface area contributed by atoms with Crippen LogP contribution in [0.3, 0.4) is 0 Å². The number of fused-ring (bicyclic) bond motifs is 1. The van der Waals surface area contributed by atoms with E-state index in [0.717, 1.165) is 13.1 Å². The Morgan fingerprint density at radius 2 is 2.10 bits per heavy atom. The van der Waals surface area contributed by atoms with Crippen LogP contribution in [0.15, 0.2) is 24.3 Å². The monoisotopic (exact) mass is 288 g/mol. The van der Waals surface area contributed by atoms with Crippen molar-refractivity contribution in [3.8, 4) is 0 Å². The number of benzene rings is 1. The molecule has 20 heavy (non-hydrogen) atoms. The molecule has 1 aromatic carbocycles. The normalized spacial score (nSPS) is 18.9. The molecule has 2 heterocycles. The van der Waals surface area contributed by atoms with Crippen LogP contribution in [-0.2, 0) is 13.1 Å². The zero-order chi connectivity index (χ0) is 14.2. The Bertz CT molecular complexity index is 600. The highest BCUT2D eigenvalue weighted by Crippen LogP contribution is 2.35. The molecule has 0 unspecified atom stereocenters. The summed E-state index contributed by atoms with van der Waals surface area (Å²) in [6.45, 7) is 9.29. The zero-order valence-electron chi connectivity index (χ0n) is 12.7. The molecule has 0 saturated carbocycles. The molecular weight excluding hydrogens is 264 g/mol. The van der Waals surface area contributed by atoms with E-state index < -0.39 is 0 Å². The molecule has 0 spiro atoms. The Morgan fingerprint density at radius 3 is 2.80 bits per heavy atom. The zero-order valence-corrected chi connectivity index (χ0v) is 13.5. The number of thiophene rings is 1. The maximum atomic E-state index is 3.32. The largest absolute Gasteiger partial charge is 0.315 e. The van der Waals surface area contributed by atoms with Crippen LogP contribution >= 0.6 is 11.3 Å². The molecule has 1 saturated heterocycles. The number of likely N-dealkylation sites (tertiary alicyclic amines) is 1. The number of hydrogen-bond donors (Lipinski definition) is 1. The predicted octanol–water partition coefficient (Wildman–Crippen LogP) is 3.85. The molecule has 2 nitrogen and oxygen atoms in total. The highest BCUT2D eigenvalue weighted by molar-refractivity contribution is 7.19. The molecule has 1 aliphatic heterocycles. The molecule has 0 radical (unpaired) electrons. The van der Waals surface area contributed by atoms with E-state index in [0.29, 0.717) is 5.41 Å². The van der Waals surface area contributed by atoms with E-state index >= 15 is 0 Å². The molecule has 3 heteroatoms. The van der Waals surface area contributed by atoms with Gasteiger partial charge in [-0.05, 0) is 42.4 Å². The van der Waals surface area contributed by atoms with E-state index in [9.17, 15) is 0 Å². The van der Waals surface area contributed by atoms with Crippen molar-refractivity contribution in [3.05, 3.63) is 34.7 Å². The molecule has 1 aromatic heterocycles. The molecule has 2 aromatic rings. The van der Waals surface area contributed by atoms with Gasteiger partial charge in [-0.2, -0.15) is 0 Å². The molecule has 1 N–H and O–H groups in total. The van der Waals surface area contributed by atoms with Crippen LogP contribution in [-0.4, -0.2) is 25.0 Å². The van der Waals surface area contributed by atoms with Gasteiger partial charge in [0.25, 0.3) is 0 Å². The fourth-order valence-corrected chi connectivity index (χ4v) is 4.44. The first-order valence-electron chi connectivity index (χ1n) is 7.45. The predicted molar refractivity (Wildman–Crippen MR) is 88.3 cm³/mol. The lowest BCUT2D eigenvalue weighted by atomic mass is 9.93. The maximum Gasteiger partial charge on any atom is 0.0349 e. The molecule has 3 rings (SSSR count). The minimum absolute atomic E-state index is 0.481. The molecule has 1 fully saturated rings. The standard InChI is InChI=1S/C17H24N2S/c1-17(2)8-9-19(12-17)11-14-13-6-4-5-7-15(13)20-16(14)10-18-3/h4-7,18H,8-12H2,1-3H3. The second-order valence-corrected chi connectivity index (χ2v) is 7.79. The molecule has 0 bridgehead atoms. The average molecular weight is 288 g/mol. The van der Waals surface area contributed by atoms with Crippen LogP contribution in [0.5, 0.6) is 0 Å². The fourth-order valence-electron chi connectivity index (χ4n) is 3.21. The van der Waals surface area contributed by atoms with Gasteiger partial charge in [0.1, 0.15) is 0 Å². The highest BCUT2D eigenvalue weighted by atomic mass is 32.1. The summed E-state index contributed by atoms with van der Waals surface area (Å²) < 4.78 is 1.42. The molecule has 108 valence electrons. The number of hydrogen-bond acceptors (Lipinski definition) is 3. The lowest BCUT2D eigenvalue weighted by Crippen LogP contribution is -2.23. The number of nitrogens with one attached hydrogen (secondary N) is 1. The smallest absolute Gasteiger partial charge is 0.0349 e. The third-order valence-corrected chi connectivity index (χ3v) is 5.47. The third kappa shape index (κ3) is 2.76. The quantitative estimate of drug-likeness (QED) is 0.919. The van der Waals surface area contributed by atoms with Crippen LogP contribution in [0.4, 0.5) is 0 Å². The lowest BCUT2D eigenvalue weighted by molar-refractivity contribution is 0.285. The van der Waals surface area contributed by atoms with Gasteiger partial charge < -0.3 is 5.32 Å². The number of nitrogens with zero attached hydrogens (tertiary/aromatic N) is 1. The Morgan fingerprint density at radius 1 is 1.30 bits per heavy atom. The van der Waals surface area contributed by atoms with Crippen molar-refractivity contribution >= 4 is 21.4 Å². The van der Waals surface area contributed by atoms with Crippen molar-refractivity contribution < 1.29 is 0 Å². The van der Waals surface area contributed by atoms with Gasteiger partial charge in [0, 0.05) is 29.2 Å². The Balaban J connectivity index is 1.91. The van der Waals surface area contributed by atoms with Crippen molar-refractivity contribution in [2.24, 2.45) is 5.41 Å². The minimum atomic E-state index is 0.481. The molecular formula is C17H24N2S. The third-order valence-electron chi connectivity index (χ3n) is 4.26. The van der Waals surface area contributed by atoms with Crippen molar-refractivity contribution in [1.82, 2.24) is 10.2 Å². The number of rotatable bonds is 4. The average Bonchev–Trinajstić information content (AvgIpc) is 2.92. The molecule has 1 aliphatic rings. The van der Waals surface area contributed by atoms with E-state index in [2.05, 4.69) is 48.3 Å². The summed E-state index contributed by atoms with van der Waals surface area (Å²) in [5, 5.41) is 4.77. The van der Waals surface area contributed by atoms with Gasteiger partial charge in [-0.3, -0.25) is 4.90 Å². The summed E-state index contributed by atoms with van der Waals surface area (Å²) in [6, 6.07) is 8.83. The summed E-state index contributed by atoms with van der Waals surface area (Å²) in [7, 11) is 2.03. The van der Waals surface area contributed by atoms with Crippen LogP contribution in [0, 0.1) is 5.41 Å². The maximum absolute atomic E-state index is 3.32. The van der Waals surface area contributed by atoms with E-state index in [4.69, 9.17) is 0 Å². The Kier molecular flexibility index (Phi) is 3.85. The van der Waals surface area contributed by atoms with Gasteiger partial charge in [-0.15, -0.1) is 11.3 Å². The van der Waals surface area contributed by atoms with Gasteiger partial charge in [0.2, 0.25) is 0 Å². The second kappa shape index (κ2) is 5.47. The van der Waals surface area contributed by atoms with Crippen LogP contribution < -0.4 is 5.32 Å². The summed E-state index contributed by atoms with van der Waals surface area (Å²) in [5.41, 5.74) is 2.02. The SMILES string of the molecule is CNCc1sc2ccccc2c1CN1CCC(C)(C)C1. The molecule has 0 atom stereocenters. The topological polar surface area (TPSA) is 15.3 Å². The van der Waals surface area contributed by atoms with E-state index in [1.54, 1.807) is 0 Å². The van der Waals surface area contributed by atoms with Crippen molar-refractivity contribution in [3.63, 3.8) is 0 Å². The van der Waals surface area contributed by atoms with Crippen molar-refractivity contribution in [2.45, 2.75) is 33.4 Å². The van der Waals surface area contributed by atoms with Crippen LogP contribution in [0.2, 0.25) is 0 Å². The van der Waals surface area contributed by atoms with E-state index in [1.165, 1.54) is 40.0 Å². The second-order valence-electron chi connectivity index (χ2n) is 6.66. The van der Waals surface area contributed by atoms with Crippen LogP contribution in [0.1, 0.15) is 30.7 Å². The summed E-state index contributed by atoms with van der Waals surface area (Å²) >= 11 is 1.94. The van der Waals surface area contributed by atoms with Crippen molar-refractivity contribution in [1.29, 1.82) is 0 Å². The molecule has 0 amide bonds. The first kappa shape index (κ1) is 14.1. The first-order valence-corrected chi connectivity index (χ1v) is 8.27. The van der Waals surface area contributed by atoms with Crippen molar-refractivity contribution in [2.75, 3.05) is 20.1 Å².